The average Bonchev–Trinajstić information content (AvgIpc) is 2.97. The van der Waals surface area contributed by atoms with Gasteiger partial charge in [0.15, 0.2) is 0 Å². The van der Waals surface area contributed by atoms with Crippen LogP contribution in [-0.2, 0) is 4.79 Å². The standard InChI is InChI=1S/C31H31N7O2/c1-3-29(40)34-25-8-4-6-22(16-25)27-9-5-7-23-19-33-31(36-30(23)27)35-26-10-11-28(24(17-26)18-32)38-14-12-37(13-15-38)20-21(2)39/h3-11,16-17,19,21,39H,1,12-15,20H2,2H3,(H,34,40)(H,33,35,36). The number of nitrogens with zero attached hydrogens (tertiary/aromatic N) is 5. The Morgan fingerprint density at radius 1 is 1.12 bits per heavy atom. The summed E-state index contributed by atoms with van der Waals surface area (Å²) in [6.07, 6.45) is 2.65. The van der Waals surface area contributed by atoms with Crippen LogP contribution in [-0.4, -0.2) is 64.7 Å². The molecule has 1 fully saturated rings. The van der Waals surface area contributed by atoms with Gasteiger partial charge in [0.05, 0.1) is 22.9 Å². The zero-order valence-corrected chi connectivity index (χ0v) is 22.3. The molecule has 0 bridgehead atoms. The van der Waals surface area contributed by atoms with E-state index in [-0.39, 0.29) is 12.0 Å². The van der Waals surface area contributed by atoms with Crippen molar-refractivity contribution in [1.82, 2.24) is 14.9 Å². The predicted octanol–water partition coefficient (Wildman–Crippen LogP) is 4.54. The molecule has 0 spiro atoms. The first-order valence-electron chi connectivity index (χ1n) is 13.2. The van der Waals surface area contributed by atoms with E-state index in [0.717, 1.165) is 59.6 Å². The van der Waals surface area contributed by atoms with Crippen molar-refractivity contribution < 1.29 is 9.90 Å². The SMILES string of the molecule is C=CC(=O)Nc1cccc(-c2cccc3cnc(Nc4ccc(N5CCN(CC(C)O)CC5)c(C#N)c4)nc23)c1. The number of hydrogen-bond donors (Lipinski definition) is 3. The van der Waals surface area contributed by atoms with Gasteiger partial charge in [-0.1, -0.05) is 36.9 Å². The minimum atomic E-state index is -0.352. The number of fused-ring (bicyclic) bond motifs is 1. The summed E-state index contributed by atoms with van der Waals surface area (Å²) in [5.41, 5.74) is 5.43. The summed E-state index contributed by atoms with van der Waals surface area (Å²) in [7, 11) is 0. The number of carbonyl (C=O) groups excluding carboxylic acids is 1. The third kappa shape index (κ3) is 6.10. The Labute approximate surface area is 233 Å². The first-order chi connectivity index (χ1) is 19.4. The molecule has 0 radical (unpaired) electrons. The van der Waals surface area contributed by atoms with Crippen LogP contribution in [0.4, 0.5) is 23.0 Å². The number of hydrogen-bond acceptors (Lipinski definition) is 8. The zero-order valence-electron chi connectivity index (χ0n) is 22.3. The summed E-state index contributed by atoms with van der Waals surface area (Å²) < 4.78 is 0. The van der Waals surface area contributed by atoms with E-state index in [4.69, 9.17) is 4.98 Å². The Kier molecular flexibility index (Phi) is 8.01. The maximum atomic E-state index is 11.8. The van der Waals surface area contributed by atoms with E-state index in [2.05, 4.69) is 38.1 Å². The number of carbonyl (C=O) groups is 1. The normalized spacial score (nSPS) is 14.4. The minimum absolute atomic E-state index is 0.273. The molecule has 40 heavy (non-hydrogen) atoms. The summed E-state index contributed by atoms with van der Waals surface area (Å²) in [4.78, 5) is 25.5. The molecule has 1 amide bonds. The van der Waals surface area contributed by atoms with Gasteiger partial charge < -0.3 is 20.6 Å². The Morgan fingerprint density at radius 2 is 1.93 bits per heavy atom. The molecule has 5 rings (SSSR count). The quantitative estimate of drug-likeness (QED) is 0.283. The highest BCUT2D eigenvalue weighted by Crippen LogP contribution is 2.31. The van der Waals surface area contributed by atoms with Crippen molar-refractivity contribution in [3.63, 3.8) is 0 Å². The highest BCUT2D eigenvalue weighted by molar-refractivity contribution is 6.00. The summed E-state index contributed by atoms with van der Waals surface area (Å²) in [6, 6.07) is 21.5. The van der Waals surface area contributed by atoms with Gasteiger partial charge in [-0.25, -0.2) is 9.97 Å². The first-order valence-corrected chi connectivity index (χ1v) is 13.2. The number of β-amino-alcohol motifs (C(OH)–C–C–N with tert-alkyl or cyclic N) is 1. The molecule has 1 aliphatic heterocycles. The molecule has 0 saturated carbocycles. The van der Waals surface area contributed by atoms with Gasteiger partial charge in [-0.05, 0) is 48.9 Å². The molecular weight excluding hydrogens is 502 g/mol. The fourth-order valence-corrected chi connectivity index (χ4v) is 4.96. The van der Waals surface area contributed by atoms with Gasteiger partial charge in [0.2, 0.25) is 11.9 Å². The Hall–Kier alpha value is -4.78. The number of aliphatic hydroxyl groups excluding tert-OH is 1. The van der Waals surface area contributed by atoms with E-state index >= 15 is 0 Å². The molecule has 202 valence electrons. The number of piperazine rings is 1. The Balaban J connectivity index is 1.38. The molecule has 9 heteroatoms. The minimum Gasteiger partial charge on any atom is -0.392 e. The van der Waals surface area contributed by atoms with Crippen LogP contribution in [0.5, 0.6) is 0 Å². The van der Waals surface area contributed by atoms with Crippen LogP contribution in [0.15, 0.2) is 79.5 Å². The van der Waals surface area contributed by atoms with Crippen molar-refractivity contribution in [2.75, 3.05) is 48.3 Å². The molecule has 4 aromatic rings. The van der Waals surface area contributed by atoms with Crippen LogP contribution < -0.4 is 15.5 Å². The number of benzene rings is 3. The number of aliphatic hydroxyl groups is 1. The van der Waals surface area contributed by atoms with Gasteiger partial charge in [-0.3, -0.25) is 9.69 Å². The number of aromatic nitrogens is 2. The van der Waals surface area contributed by atoms with Gasteiger partial charge in [0.1, 0.15) is 6.07 Å². The Morgan fingerprint density at radius 3 is 2.67 bits per heavy atom. The predicted molar refractivity (Wildman–Crippen MR) is 159 cm³/mol. The first kappa shape index (κ1) is 26.8. The Bertz CT molecular complexity index is 1590. The number of nitrogens with one attached hydrogen (secondary N) is 2. The molecule has 1 saturated heterocycles. The molecule has 2 heterocycles. The highest BCUT2D eigenvalue weighted by atomic mass is 16.3. The van der Waals surface area contributed by atoms with Gasteiger partial charge in [0.25, 0.3) is 0 Å². The number of amides is 1. The molecule has 1 aliphatic rings. The van der Waals surface area contributed by atoms with E-state index in [1.807, 2.05) is 60.7 Å². The average molecular weight is 534 g/mol. The second kappa shape index (κ2) is 11.9. The monoisotopic (exact) mass is 533 g/mol. The smallest absolute Gasteiger partial charge is 0.247 e. The molecule has 1 aromatic heterocycles. The largest absolute Gasteiger partial charge is 0.392 e. The van der Waals surface area contributed by atoms with Crippen LogP contribution in [0.2, 0.25) is 0 Å². The summed E-state index contributed by atoms with van der Waals surface area (Å²) in [6.45, 7) is 9.24. The lowest BCUT2D eigenvalue weighted by atomic mass is 10.0. The lowest BCUT2D eigenvalue weighted by Crippen LogP contribution is -2.48. The van der Waals surface area contributed by atoms with Crippen molar-refractivity contribution in [2.24, 2.45) is 0 Å². The van der Waals surface area contributed by atoms with Gasteiger partial charge >= 0.3 is 0 Å². The third-order valence-corrected chi connectivity index (χ3v) is 6.85. The van der Waals surface area contributed by atoms with Crippen molar-refractivity contribution in [3.8, 4) is 17.2 Å². The second-order valence-electron chi connectivity index (χ2n) is 9.82. The van der Waals surface area contributed by atoms with Crippen LogP contribution >= 0.6 is 0 Å². The van der Waals surface area contributed by atoms with Gasteiger partial charge in [0, 0.05) is 61.2 Å². The fraction of sp³-hybridized carbons (Fsp3) is 0.226. The lowest BCUT2D eigenvalue weighted by Gasteiger charge is -2.37. The van der Waals surface area contributed by atoms with E-state index in [1.165, 1.54) is 6.08 Å². The third-order valence-electron chi connectivity index (χ3n) is 6.85. The van der Waals surface area contributed by atoms with E-state index in [9.17, 15) is 15.2 Å². The summed E-state index contributed by atoms with van der Waals surface area (Å²) in [5.74, 6) is 0.143. The molecular formula is C31H31N7O2. The number of nitriles is 1. The van der Waals surface area contributed by atoms with Crippen molar-refractivity contribution in [3.05, 3.63) is 85.1 Å². The van der Waals surface area contributed by atoms with Crippen molar-refractivity contribution >= 4 is 39.8 Å². The maximum absolute atomic E-state index is 11.8. The topological polar surface area (TPSA) is 117 Å². The highest BCUT2D eigenvalue weighted by Gasteiger charge is 2.20. The lowest BCUT2D eigenvalue weighted by molar-refractivity contribution is -0.111. The number of anilines is 4. The van der Waals surface area contributed by atoms with Crippen LogP contribution in [0.3, 0.4) is 0 Å². The van der Waals surface area contributed by atoms with E-state index in [1.54, 1.807) is 13.1 Å². The van der Waals surface area contributed by atoms with Crippen LogP contribution in [0.1, 0.15) is 12.5 Å². The molecule has 1 unspecified atom stereocenters. The molecule has 0 aliphatic carbocycles. The van der Waals surface area contributed by atoms with Crippen LogP contribution in [0.25, 0.3) is 22.0 Å². The number of para-hydroxylation sites is 1. The summed E-state index contributed by atoms with van der Waals surface area (Å²) in [5, 5.41) is 26.5. The van der Waals surface area contributed by atoms with E-state index < -0.39 is 0 Å². The maximum Gasteiger partial charge on any atom is 0.247 e. The van der Waals surface area contributed by atoms with Crippen molar-refractivity contribution in [2.45, 2.75) is 13.0 Å². The van der Waals surface area contributed by atoms with Crippen molar-refractivity contribution in [1.29, 1.82) is 5.26 Å². The second-order valence-corrected chi connectivity index (χ2v) is 9.82. The molecule has 1 atom stereocenters. The fourth-order valence-electron chi connectivity index (χ4n) is 4.96. The molecule has 9 nitrogen and oxygen atoms in total. The van der Waals surface area contributed by atoms with Crippen LogP contribution in [0, 0.1) is 11.3 Å². The molecule has 3 N–H and O–H groups in total. The summed E-state index contributed by atoms with van der Waals surface area (Å²) >= 11 is 0. The van der Waals surface area contributed by atoms with Gasteiger partial charge in [-0.15, -0.1) is 0 Å². The molecule has 3 aromatic carbocycles. The van der Waals surface area contributed by atoms with Gasteiger partial charge in [-0.2, -0.15) is 5.26 Å². The van der Waals surface area contributed by atoms with E-state index in [0.29, 0.717) is 23.7 Å². The number of rotatable bonds is 8. The zero-order chi connectivity index (χ0) is 28.1.